The van der Waals surface area contributed by atoms with Gasteiger partial charge in [-0.1, -0.05) is 45.1 Å². The minimum Gasteiger partial charge on any atom is -0.490 e. The first kappa shape index (κ1) is 35.2. The van der Waals surface area contributed by atoms with Gasteiger partial charge in [0.25, 0.3) is 5.91 Å². The van der Waals surface area contributed by atoms with Gasteiger partial charge in [-0.2, -0.15) is 4.31 Å². The smallest absolute Gasteiger partial charge is 0.319 e. The normalized spacial score (nSPS) is 15.1. The number of urea groups is 1. The Bertz CT molecular complexity index is 1520. The van der Waals surface area contributed by atoms with Gasteiger partial charge in [-0.05, 0) is 74.2 Å². The number of piperidine rings is 1. The molecule has 0 saturated carbocycles. The zero-order valence-corrected chi connectivity index (χ0v) is 27.4. The molecular weight excluding hydrogens is 608 g/mol. The van der Waals surface area contributed by atoms with Crippen LogP contribution in [0.5, 0.6) is 5.75 Å². The Hall–Kier alpha value is -3.65. The number of fused-ring (bicyclic) bond motifs is 1. The average molecular weight is 657 g/mol. The van der Waals surface area contributed by atoms with Crippen molar-refractivity contribution in [3.05, 3.63) is 54.2 Å². The second-order valence-corrected chi connectivity index (χ2v) is 13.8. The van der Waals surface area contributed by atoms with Gasteiger partial charge >= 0.3 is 6.03 Å². The van der Waals surface area contributed by atoms with E-state index < -0.39 is 22.0 Å². The average Bonchev–Trinajstić information content (AvgIpc) is 3.50. The summed E-state index contributed by atoms with van der Waals surface area (Å²) < 4.78 is 33.8. The molecule has 3 aromatic rings. The van der Waals surface area contributed by atoms with Crippen LogP contribution in [0.1, 0.15) is 68.8 Å². The fraction of sp³-hybridized carbons (Fsp3) is 0.515. The van der Waals surface area contributed by atoms with Gasteiger partial charge in [0.1, 0.15) is 24.2 Å². The van der Waals surface area contributed by atoms with E-state index in [1.807, 2.05) is 6.07 Å². The summed E-state index contributed by atoms with van der Waals surface area (Å²) in [5.41, 5.74) is 6.91. The predicted molar refractivity (Wildman–Crippen MR) is 180 cm³/mol. The SMILES string of the molecule is CCCCCCCCNC(=O)Nc1ccc(S(=O)(=O)N2CCC(CNCC(O)COc3cccc4[nH]c(C(N)=O)cc34)CC2)cc1. The van der Waals surface area contributed by atoms with Crippen LogP contribution in [0, 0.1) is 5.92 Å². The number of hydrogen-bond acceptors (Lipinski definition) is 7. The molecule has 1 aliphatic heterocycles. The van der Waals surface area contributed by atoms with E-state index in [1.165, 1.54) is 42.1 Å². The highest BCUT2D eigenvalue weighted by Gasteiger charge is 2.29. The lowest BCUT2D eigenvalue weighted by Gasteiger charge is -2.31. The van der Waals surface area contributed by atoms with Crippen molar-refractivity contribution < 1.29 is 27.9 Å². The number of sulfonamides is 1. The third-order valence-corrected chi connectivity index (χ3v) is 10.2. The van der Waals surface area contributed by atoms with E-state index in [4.69, 9.17) is 10.5 Å². The zero-order valence-electron chi connectivity index (χ0n) is 26.6. The van der Waals surface area contributed by atoms with Crippen LogP contribution in [-0.4, -0.2) is 80.2 Å². The molecule has 1 fully saturated rings. The Kier molecular flexibility index (Phi) is 13.3. The summed E-state index contributed by atoms with van der Waals surface area (Å²) in [6.07, 6.45) is 7.55. The van der Waals surface area contributed by atoms with Gasteiger partial charge in [-0.25, -0.2) is 13.2 Å². The number of ether oxygens (including phenoxy) is 1. The quantitative estimate of drug-likeness (QED) is 0.111. The van der Waals surface area contributed by atoms with Gasteiger partial charge in [0, 0.05) is 42.8 Å². The maximum absolute atomic E-state index is 13.2. The minimum absolute atomic E-state index is 0.0675. The molecule has 13 heteroatoms. The number of hydrogen-bond donors (Lipinski definition) is 6. The molecule has 1 saturated heterocycles. The van der Waals surface area contributed by atoms with Crippen LogP contribution >= 0.6 is 0 Å². The molecule has 1 aromatic heterocycles. The number of anilines is 1. The maximum Gasteiger partial charge on any atom is 0.319 e. The van der Waals surface area contributed by atoms with Crippen LogP contribution in [0.25, 0.3) is 10.9 Å². The summed E-state index contributed by atoms with van der Waals surface area (Å²) in [6, 6.07) is 13.0. The van der Waals surface area contributed by atoms with Crippen LogP contribution in [-0.2, 0) is 10.0 Å². The van der Waals surface area contributed by atoms with Crippen LogP contribution in [0.15, 0.2) is 53.4 Å². The molecule has 0 bridgehead atoms. The van der Waals surface area contributed by atoms with Crippen LogP contribution in [0.4, 0.5) is 10.5 Å². The summed E-state index contributed by atoms with van der Waals surface area (Å²) in [5.74, 6) is 0.267. The van der Waals surface area contributed by atoms with E-state index in [-0.39, 0.29) is 29.1 Å². The number of nitrogens with two attached hydrogens (primary N) is 1. The zero-order chi connectivity index (χ0) is 32.9. The van der Waals surface area contributed by atoms with Crippen molar-refractivity contribution in [1.29, 1.82) is 0 Å². The monoisotopic (exact) mass is 656 g/mol. The van der Waals surface area contributed by atoms with Crippen molar-refractivity contribution in [2.24, 2.45) is 11.7 Å². The van der Waals surface area contributed by atoms with Crippen molar-refractivity contribution >= 4 is 38.6 Å². The number of nitrogens with one attached hydrogen (secondary N) is 4. The van der Waals surface area contributed by atoms with E-state index >= 15 is 0 Å². The molecule has 0 spiro atoms. The third kappa shape index (κ3) is 10.2. The topological polar surface area (TPSA) is 179 Å². The molecule has 4 rings (SSSR count). The summed E-state index contributed by atoms with van der Waals surface area (Å²) in [4.78, 5) is 26.8. The molecule has 46 heavy (non-hydrogen) atoms. The number of primary amides is 1. The number of aromatic amines is 1. The van der Waals surface area contributed by atoms with Crippen LogP contribution in [0.2, 0.25) is 0 Å². The van der Waals surface area contributed by atoms with Gasteiger partial charge in [0.05, 0.1) is 4.90 Å². The van der Waals surface area contributed by atoms with Crippen molar-refractivity contribution in [2.75, 3.05) is 44.6 Å². The molecule has 12 nitrogen and oxygen atoms in total. The highest BCUT2D eigenvalue weighted by molar-refractivity contribution is 7.89. The number of unbranched alkanes of at least 4 members (excludes halogenated alkanes) is 5. The molecule has 0 aliphatic carbocycles. The minimum atomic E-state index is -3.64. The Morgan fingerprint density at radius 2 is 1.78 bits per heavy atom. The summed E-state index contributed by atoms with van der Waals surface area (Å²) in [6.45, 7) is 4.67. The van der Waals surface area contributed by atoms with E-state index in [9.17, 15) is 23.1 Å². The third-order valence-electron chi connectivity index (χ3n) is 8.27. The lowest BCUT2D eigenvalue weighted by atomic mass is 9.98. The Balaban J connectivity index is 1.13. The first-order valence-corrected chi connectivity index (χ1v) is 17.7. The number of nitrogens with zero attached hydrogens (tertiary/aromatic N) is 1. The van der Waals surface area contributed by atoms with Gasteiger partial charge in [0.15, 0.2) is 0 Å². The van der Waals surface area contributed by atoms with Crippen molar-refractivity contribution in [1.82, 2.24) is 19.9 Å². The number of carbonyl (C=O) groups is 2. The first-order valence-electron chi connectivity index (χ1n) is 16.3. The molecule has 2 aromatic carbocycles. The first-order chi connectivity index (χ1) is 22.2. The lowest BCUT2D eigenvalue weighted by molar-refractivity contribution is 0.0996. The molecule has 0 radical (unpaired) electrons. The van der Waals surface area contributed by atoms with Crippen LogP contribution in [0.3, 0.4) is 0 Å². The highest BCUT2D eigenvalue weighted by Crippen LogP contribution is 2.27. The van der Waals surface area contributed by atoms with E-state index in [0.717, 1.165) is 18.4 Å². The molecule has 3 amide bonds. The number of carbonyl (C=O) groups excluding carboxylic acids is 2. The molecule has 1 unspecified atom stereocenters. The molecule has 1 aliphatic rings. The van der Waals surface area contributed by atoms with E-state index in [1.54, 1.807) is 30.3 Å². The number of amides is 3. The van der Waals surface area contributed by atoms with E-state index in [2.05, 4.69) is 27.9 Å². The number of H-pyrrole nitrogens is 1. The second-order valence-electron chi connectivity index (χ2n) is 11.9. The van der Waals surface area contributed by atoms with Gasteiger partial charge in [0.2, 0.25) is 10.0 Å². The Labute approximate surface area is 271 Å². The number of rotatable bonds is 18. The van der Waals surface area contributed by atoms with Crippen molar-refractivity contribution in [2.45, 2.75) is 69.3 Å². The number of aliphatic hydroxyl groups is 1. The largest absolute Gasteiger partial charge is 0.490 e. The standard InChI is InChI=1S/C33H48N6O6S/c1-2-3-4-5-6-7-17-36-33(42)37-25-11-13-27(14-12-25)46(43,44)39-18-15-24(16-19-39)21-35-22-26(40)23-45-31-10-8-9-29-28(31)20-30(38-29)32(34)41/h8-14,20,24,26,35,38,40H,2-7,15-19,21-23H2,1H3,(H2,34,41)(H2,36,37,42). The predicted octanol–water partition coefficient (Wildman–Crippen LogP) is 4.18. The second kappa shape index (κ2) is 17.3. The lowest BCUT2D eigenvalue weighted by Crippen LogP contribution is -2.42. The molecule has 2 heterocycles. The number of aliphatic hydroxyl groups excluding tert-OH is 1. The van der Waals surface area contributed by atoms with Crippen molar-refractivity contribution in [3.8, 4) is 5.75 Å². The Morgan fingerprint density at radius 3 is 2.50 bits per heavy atom. The molecular formula is C33H48N6O6S. The molecule has 7 N–H and O–H groups in total. The van der Waals surface area contributed by atoms with Crippen LogP contribution < -0.4 is 26.4 Å². The summed E-state index contributed by atoms with van der Waals surface area (Å²) in [7, 11) is -3.64. The molecule has 1 atom stereocenters. The van der Waals surface area contributed by atoms with E-state index in [0.29, 0.717) is 62.4 Å². The number of aromatic nitrogens is 1. The fourth-order valence-electron chi connectivity index (χ4n) is 5.58. The maximum atomic E-state index is 13.2. The Morgan fingerprint density at radius 1 is 1.07 bits per heavy atom. The summed E-state index contributed by atoms with van der Waals surface area (Å²) in [5, 5.41) is 20.1. The van der Waals surface area contributed by atoms with Gasteiger partial charge < -0.3 is 36.5 Å². The van der Waals surface area contributed by atoms with Gasteiger partial charge in [-0.3, -0.25) is 4.79 Å². The van der Waals surface area contributed by atoms with Crippen molar-refractivity contribution in [3.63, 3.8) is 0 Å². The fourth-order valence-corrected chi connectivity index (χ4v) is 7.05. The summed E-state index contributed by atoms with van der Waals surface area (Å²) >= 11 is 0. The number of benzene rings is 2. The highest BCUT2D eigenvalue weighted by atomic mass is 32.2. The molecule has 252 valence electrons. The van der Waals surface area contributed by atoms with Gasteiger partial charge in [-0.15, -0.1) is 0 Å².